The van der Waals surface area contributed by atoms with Gasteiger partial charge in [0, 0.05) is 35.6 Å². The van der Waals surface area contributed by atoms with Crippen LogP contribution in [0.4, 0.5) is 0 Å². The van der Waals surface area contributed by atoms with Crippen molar-refractivity contribution in [2.45, 2.75) is 38.0 Å². The summed E-state index contributed by atoms with van der Waals surface area (Å²) in [6.45, 7) is 2.45. The topological polar surface area (TPSA) is 83.1 Å². The molecule has 0 saturated carbocycles. The molecular weight excluding hydrogens is 422 g/mol. The zero-order valence-corrected chi connectivity index (χ0v) is 19.4. The molecule has 2 aromatic carbocycles. The molecule has 33 heavy (non-hydrogen) atoms. The Balaban J connectivity index is 1.71. The number of nitrogens with one attached hydrogen (secondary N) is 1. The lowest BCUT2D eigenvalue weighted by Gasteiger charge is -2.35. The van der Waals surface area contributed by atoms with Gasteiger partial charge in [-0.3, -0.25) is 9.59 Å². The van der Waals surface area contributed by atoms with Gasteiger partial charge < -0.3 is 24.3 Å². The minimum absolute atomic E-state index is 0.0315. The molecule has 1 heterocycles. The van der Waals surface area contributed by atoms with Gasteiger partial charge in [-0.15, -0.1) is 0 Å². The maximum atomic E-state index is 13.4. The summed E-state index contributed by atoms with van der Waals surface area (Å²) in [6, 6.07) is 11.3. The van der Waals surface area contributed by atoms with Gasteiger partial charge in [-0.25, -0.2) is 0 Å². The monoisotopic (exact) mass is 451 g/mol. The summed E-state index contributed by atoms with van der Waals surface area (Å²) in [4.78, 5) is 26.1. The van der Waals surface area contributed by atoms with Crippen LogP contribution in [0.15, 0.2) is 47.7 Å². The molecule has 1 amide bonds. The predicted molar refractivity (Wildman–Crippen MR) is 123 cm³/mol. The van der Waals surface area contributed by atoms with Gasteiger partial charge in [0.15, 0.2) is 28.8 Å². The van der Waals surface area contributed by atoms with Crippen molar-refractivity contribution in [3.63, 3.8) is 0 Å². The molecule has 2 atom stereocenters. The Kier molecular flexibility index (Phi) is 6.58. The first kappa shape index (κ1) is 22.7. The summed E-state index contributed by atoms with van der Waals surface area (Å²) in [6.07, 6.45) is 1.11. The maximum Gasteiger partial charge on any atom is 0.225 e. The average molecular weight is 452 g/mol. The van der Waals surface area contributed by atoms with Gasteiger partial charge in [-0.2, -0.15) is 0 Å². The normalized spacial score (nSPS) is 20.1. The van der Waals surface area contributed by atoms with E-state index in [0.29, 0.717) is 53.7 Å². The fourth-order valence-electron chi connectivity index (χ4n) is 4.86. The molecule has 174 valence electrons. The van der Waals surface area contributed by atoms with Crippen molar-refractivity contribution in [3.8, 4) is 23.0 Å². The second kappa shape index (κ2) is 9.57. The van der Waals surface area contributed by atoms with Gasteiger partial charge in [0.2, 0.25) is 5.91 Å². The number of carbonyl (C=O) groups excluding carboxylic acids is 2. The van der Waals surface area contributed by atoms with E-state index in [4.69, 9.17) is 18.9 Å². The summed E-state index contributed by atoms with van der Waals surface area (Å²) in [7, 11) is 4.74. The Morgan fingerprint density at radius 2 is 1.70 bits per heavy atom. The third-order valence-electron chi connectivity index (χ3n) is 6.30. The van der Waals surface area contributed by atoms with Gasteiger partial charge in [0.25, 0.3) is 0 Å². The van der Waals surface area contributed by atoms with Crippen LogP contribution in [0.5, 0.6) is 23.0 Å². The highest BCUT2D eigenvalue weighted by molar-refractivity contribution is 6.02. The van der Waals surface area contributed by atoms with E-state index in [2.05, 4.69) is 5.32 Å². The van der Waals surface area contributed by atoms with Crippen LogP contribution in [-0.4, -0.2) is 39.6 Å². The summed E-state index contributed by atoms with van der Waals surface area (Å²) >= 11 is 0. The molecule has 0 saturated heterocycles. The number of hydrogen-bond donors (Lipinski definition) is 1. The summed E-state index contributed by atoms with van der Waals surface area (Å²) < 4.78 is 22.1. The van der Waals surface area contributed by atoms with Gasteiger partial charge in [0.1, 0.15) is 0 Å². The lowest BCUT2D eigenvalue weighted by molar-refractivity contribution is -0.122. The molecule has 4 rings (SSSR count). The molecule has 0 bridgehead atoms. The summed E-state index contributed by atoms with van der Waals surface area (Å²) in [5, 5.41) is 2.97. The number of amides is 1. The van der Waals surface area contributed by atoms with Crippen LogP contribution in [0.3, 0.4) is 0 Å². The quantitative estimate of drug-likeness (QED) is 0.682. The van der Waals surface area contributed by atoms with Crippen LogP contribution in [-0.2, 0) is 9.59 Å². The summed E-state index contributed by atoms with van der Waals surface area (Å²) in [5.74, 6) is 1.91. The van der Waals surface area contributed by atoms with E-state index in [-0.39, 0.29) is 29.9 Å². The number of rotatable bonds is 7. The first-order valence-electron chi connectivity index (χ1n) is 11.1. The molecule has 0 aromatic heterocycles. The van der Waals surface area contributed by atoms with E-state index in [1.807, 2.05) is 37.3 Å². The Morgan fingerprint density at radius 1 is 0.909 bits per heavy atom. The first-order valence-corrected chi connectivity index (χ1v) is 11.1. The zero-order chi connectivity index (χ0) is 23.5. The predicted octanol–water partition coefficient (Wildman–Crippen LogP) is 4.12. The fourth-order valence-corrected chi connectivity index (χ4v) is 4.86. The minimum Gasteiger partial charge on any atom is -0.493 e. The molecule has 7 nitrogen and oxygen atoms in total. The second-order valence-electron chi connectivity index (χ2n) is 8.15. The molecule has 0 fully saturated rings. The van der Waals surface area contributed by atoms with Crippen molar-refractivity contribution in [1.82, 2.24) is 5.32 Å². The highest BCUT2D eigenvalue weighted by Gasteiger charge is 2.39. The van der Waals surface area contributed by atoms with E-state index in [1.54, 1.807) is 27.4 Å². The number of para-hydroxylation sites is 1. The molecular formula is C26H29NO6. The third-order valence-corrected chi connectivity index (χ3v) is 6.30. The molecule has 2 unspecified atom stereocenters. The van der Waals surface area contributed by atoms with Crippen LogP contribution < -0.4 is 24.3 Å². The number of benzene rings is 2. The Bertz CT molecular complexity index is 1110. The number of methoxy groups -OCH3 is 3. The van der Waals surface area contributed by atoms with Crippen molar-refractivity contribution >= 4 is 11.7 Å². The van der Waals surface area contributed by atoms with Crippen LogP contribution >= 0.6 is 0 Å². The van der Waals surface area contributed by atoms with Gasteiger partial charge in [-0.1, -0.05) is 18.2 Å². The minimum atomic E-state index is -0.373. The molecule has 2 aliphatic rings. The number of allylic oxidation sites excluding steroid dienone is 2. The average Bonchev–Trinajstić information content (AvgIpc) is 2.82. The lowest BCUT2D eigenvalue weighted by Crippen LogP contribution is -2.38. The molecule has 1 aliphatic heterocycles. The number of ether oxygens (including phenoxy) is 4. The zero-order valence-electron chi connectivity index (χ0n) is 19.4. The molecule has 1 aliphatic carbocycles. The third kappa shape index (κ3) is 4.27. The van der Waals surface area contributed by atoms with Crippen molar-refractivity contribution in [1.29, 1.82) is 0 Å². The number of ketones is 1. The number of carbonyl (C=O) groups is 2. The molecule has 0 radical (unpaired) electrons. The van der Waals surface area contributed by atoms with Crippen LogP contribution in [0.2, 0.25) is 0 Å². The van der Waals surface area contributed by atoms with E-state index in [0.717, 1.165) is 11.1 Å². The van der Waals surface area contributed by atoms with E-state index in [9.17, 15) is 9.59 Å². The van der Waals surface area contributed by atoms with Crippen LogP contribution in [0.25, 0.3) is 0 Å². The number of Topliss-reactive ketones (excluding diaryl/α,β-unsaturated/α-hetero) is 1. The van der Waals surface area contributed by atoms with Crippen molar-refractivity contribution < 1.29 is 28.5 Å². The fraction of sp³-hybridized carbons (Fsp3) is 0.385. The highest BCUT2D eigenvalue weighted by atomic mass is 16.5. The number of hydrogen-bond acceptors (Lipinski definition) is 6. The Labute approximate surface area is 193 Å². The van der Waals surface area contributed by atoms with Crippen molar-refractivity contribution in [3.05, 3.63) is 58.8 Å². The molecule has 7 heteroatoms. The van der Waals surface area contributed by atoms with E-state index in [1.165, 1.54) is 0 Å². The van der Waals surface area contributed by atoms with Gasteiger partial charge >= 0.3 is 0 Å². The maximum absolute atomic E-state index is 13.4. The van der Waals surface area contributed by atoms with Crippen LogP contribution in [0.1, 0.15) is 49.1 Å². The standard InChI is InChI=1S/C26H29NO6/c1-5-33-21-10-9-15(13-23(21)31-3)16-11-19-25(20(28)12-16)18(14-24(29)27-19)17-7-6-8-22(30-2)26(17)32-4/h6-10,13,16,18H,5,11-12,14H2,1-4H3,(H,27,29). The molecule has 1 N–H and O–H groups in total. The first-order chi connectivity index (χ1) is 16.0. The lowest BCUT2D eigenvalue weighted by atomic mass is 9.73. The van der Waals surface area contributed by atoms with Crippen molar-refractivity contribution in [2.75, 3.05) is 27.9 Å². The molecule has 0 spiro atoms. The van der Waals surface area contributed by atoms with Gasteiger partial charge in [0.05, 0.1) is 27.9 Å². The SMILES string of the molecule is CCOc1ccc(C2CC(=O)C3=C(C2)NC(=O)CC3c2cccc(OC)c2OC)cc1OC. The smallest absolute Gasteiger partial charge is 0.225 e. The van der Waals surface area contributed by atoms with Crippen LogP contribution in [0, 0.1) is 0 Å². The second-order valence-corrected chi connectivity index (χ2v) is 8.15. The Hall–Kier alpha value is -3.48. The largest absolute Gasteiger partial charge is 0.493 e. The highest BCUT2D eigenvalue weighted by Crippen LogP contribution is 2.47. The summed E-state index contributed by atoms with van der Waals surface area (Å²) in [5.41, 5.74) is 3.12. The van der Waals surface area contributed by atoms with Crippen molar-refractivity contribution in [2.24, 2.45) is 0 Å². The van der Waals surface area contributed by atoms with Gasteiger partial charge in [-0.05, 0) is 43.0 Å². The van der Waals surface area contributed by atoms with E-state index < -0.39 is 0 Å². The molecule has 2 aromatic rings. The Morgan fingerprint density at radius 3 is 2.39 bits per heavy atom. The van der Waals surface area contributed by atoms with E-state index >= 15 is 0 Å².